The fraction of sp³-hybridized carbons (Fsp3) is 0.429. The molecule has 0 aromatic heterocycles. The number of esters is 1. The van der Waals surface area contributed by atoms with Gasteiger partial charge in [0, 0.05) is 0 Å². The predicted octanol–water partition coefficient (Wildman–Crippen LogP) is 2.47. The number of hydrazone groups is 1. The minimum absolute atomic E-state index is 0.303. The second-order valence-corrected chi connectivity index (χ2v) is 4.91. The Morgan fingerprint density at radius 3 is 2.71 bits per heavy atom. The Morgan fingerprint density at radius 1 is 1.43 bits per heavy atom. The van der Waals surface area contributed by atoms with Gasteiger partial charge in [-0.25, -0.2) is 4.79 Å². The number of hydrogen-bond donors (Lipinski definition) is 1. The first-order chi connectivity index (χ1) is 10.0. The zero-order valence-electron chi connectivity index (χ0n) is 12.3. The van der Waals surface area contributed by atoms with Crippen molar-refractivity contribution in [3.8, 4) is 11.5 Å². The highest BCUT2D eigenvalue weighted by Crippen LogP contribution is 2.37. The summed E-state index contributed by atoms with van der Waals surface area (Å²) in [6, 6.07) is 3.50. The molecule has 0 spiro atoms. The van der Waals surface area contributed by atoms with E-state index in [0.29, 0.717) is 29.2 Å². The lowest BCUT2D eigenvalue weighted by Gasteiger charge is -2.18. The molecular weight excluding hydrogens is 340 g/mol. The van der Waals surface area contributed by atoms with Gasteiger partial charge in [0.15, 0.2) is 17.6 Å². The fourth-order valence-electron chi connectivity index (χ4n) is 1.61. The largest absolute Gasteiger partial charge is 0.490 e. The summed E-state index contributed by atoms with van der Waals surface area (Å²) in [6.45, 7) is 5.98. The van der Waals surface area contributed by atoms with Crippen LogP contribution in [0, 0.1) is 0 Å². The molecule has 21 heavy (non-hydrogen) atoms. The molecule has 1 aromatic carbocycles. The number of benzene rings is 1. The SMILES string of the molecule is CCOC(=O)C(C)Oc1c(Br)cc(C=NN)cc1OCC. The molecule has 0 fully saturated rings. The molecule has 0 aliphatic rings. The Balaban J connectivity index is 3.06. The van der Waals surface area contributed by atoms with E-state index in [1.54, 1.807) is 26.0 Å². The van der Waals surface area contributed by atoms with E-state index in [2.05, 4.69) is 21.0 Å². The second-order valence-electron chi connectivity index (χ2n) is 4.05. The zero-order chi connectivity index (χ0) is 15.8. The quantitative estimate of drug-likeness (QED) is 0.350. The third-order valence-electron chi connectivity index (χ3n) is 2.47. The Kier molecular flexibility index (Phi) is 7.01. The molecule has 0 bridgehead atoms. The summed E-state index contributed by atoms with van der Waals surface area (Å²) in [5.74, 6) is 5.65. The van der Waals surface area contributed by atoms with E-state index in [9.17, 15) is 4.79 Å². The van der Waals surface area contributed by atoms with Crippen LogP contribution in [0.1, 0.15) is 26.3 Å². The third-order valence-corrected chi connectivity index (χ3v) is 3.06. The van der Waals surface area contributed by atoms with Crippen LogP contribution in [0.3, 0.4) is 0 Å². The van der Waals surface area contributed by atoms with Crippen LogP contribution < -0.4 is 15.3 Å². The highest BCUT2D eigenvalue weighted by atomic mass is 79.9. The van der Waals surface area contributed by atoms with Crippen LogP contribution in [-0.4, -0.2) is 31.5 Å². The molecular formula is C14H19BrN2O4. The average Bonchev–Trinajstić information content (AvgIpc) is 2.43. The Hall–Kier alpha value is -1.76. The lowest BCUT2D eigenvalue weighted by Crippen LogP contribution is -2.26. The Morgan fingerprint density at radius 2 is 2.14 bits per heavy atom. The fourth-order valence-corrected chi connectivity index (χ4v) is 2.16. The predicted molar refractivity (Wildman–Crippen MR) is 83.8 cm³/mol. The Labute approximate surface area is 132 Å². The monoisotopic (exact) mass is 358 g/mol. The molecule has 1 aromatic rings. The van der Waals surface area contributed by atoms with Crippen LogP contribution in [0.4, 0.5) is 0 Å². The van der Waals surface area contributed by atoms with E-state index in [1.807, 2.05) is 6.92 Å². The van der Waals surface area contributed by atoms with Gasteiger partial charge < -0.3 is 20.1 Å². The number of nitrogens with two attached hydrogens (primary N) is 1. The van der Waals surface area contributed by atoms with Gasteiger partial charge in [-0.2, -0.15) is 5.10 Å². The number of carbonyl (C=O) groups excluding carboxylic acids is 1. The molecule has 0 radical (unpaired) electrons. The van der Waals surface area contributed by atoms with Crippen LogP contribution in [0.5, 0.6) is 11.5 Å². The summed E-state index contributed by atoms with van der Waals surface area (Å²) in [6.07, 6.45) is 0.751. The molecule has 1 unspecified atom stereocenters. The molecule has 0 aliphatic heterocycles. The number of nitrogens with zero attached hydrogens (tertiary/aromatic N) is 1. The van der Waals surface area contributed by atoms with Crippen molar-refractivity contribution in [3.63, 3.8) is 0 Å². The average molecular weight is 359 g/mol. The minimum atomic E-state index is -0.741. The van der Waals surface area contributed by atoms with Crippen molar-refractivity contribution in [1.82, 2.24) is 0 Å². The molecule has 116 valence electrons. The number of hydrogen-bond acceptors (Lipinski definition) is 6. The summed E-state index contributed by atoms with van der Waals surface area (Å²) < 4.78 is 16.7. The van der Waals surface area contributed by atoms with E-state index in [-0.39, 0.29) is 0 Å². The van der Waals surface area contributed by atoms with Gasteiger partial charge in [-0.3, -0.25) is 0 Å². The van der Waals surface area contributed by atoms with E-state index < -0.39 is 12.1 Å². The van der Waals surface area contributed by atoms with Crippen LogP contribution >= 0.6 is 15.9 Å². The van der Waals surface area contributed by atoms with Crippen LogP contribution in [0.25, 0.3) is 0 Å². The van der Waals surface area contributed by atoms with E-state index in [1.165, 1.54) is 6.21 Å². The lowest BCUT2D eigenvalue weighted by molar-refractivity contribution is -0.150. The standard InChI is InChI=1S/C14H19BrN2O4/c1-4-19-12-7-10(8-17-16)6-11(15)13(12)21-9(3)14(18)20-5-2/h6-9H,4-5,16H2,1-3H3. The summed E-state index contributed by atoms with van der Waals surface area (Å²) in [4.78, 5) is 11.7. The first-order valence-electron chi connectivity index (χ1n) is 6.56. The van der Waals surface area contributed by atoms with Crippen molar-refractivity contribution in [2.75, 3.05) is 13.2 Å². The van der Waals surface area contributed by atoms with Gasteiger partial charge in [-0.1, -0.05) is 0 Å². The molecule has 0 saturated heterocycles. The smallest absolute Gasteiger partial charge is 0.347 e. The molecule has 0 saturated carbocycles. The maximum Gasteiger partial charge on any atom is 0.347 e. The van der Waals surface area contributed by atoms with Crippen molar-refractivity contribution < 1.29 is 19.0 Å². The second kappa shape index (κ2) is 8.51. The van der Waals surface area contributed by atoms with Gasteiger partial charge in [-0.05, 0) is 54.4 Å². The van der Waals surface area contributed by atoms with E-state index in [0.717, 1.165) is 5.56 Å². The van der Waals surface area contributed by atoms with Gasteiger partial charge in [0.2, 0.25) is 0 Å². The molecule has 0 amide bonds. The maximum absolute atomic E-state index is 11.7. The van der Waals surface area contributed by atoms with Crippen LogP contribution in [0.2, 0.25) is 0 Å². The van der Waals surface area contributed by atoms with E-state index >= 15 is 0 Å². The third kappa shape index (κ3) is 4.93. The molecule has 2 N–H and O–H groups in total. The molecule has 0 heterocycles. The maximum atomic E-state index is 11.7. The van der Waals surface area contributed by atoms with Gasteiger partial charge in [0.1, 0.15) is 0 Å². The van der Waals surface area contributed by atoms with Gasteiger partial charge in [-0.15, -0.1) is 0 Å². The lowest BCUT2D eigenvalue weighted by atomic mass is 10.2. The minimum Gasteiger partial charge on any atom is -0.490 e. The van der Waals surface area contributed by atoms with Gasteiger partial charge in [0.05, 0.1) is 23.9 Å². The van der Waals surface area contributed by atoms with Crippen molar-refractivity contribution >= 4 is 28.1 Å². The highest BCUT2D eigenvalue weighted by Gasteiger charge is 2.20. The first kappa shape index (κ1) is 17.3. The summed E-state index contributed by atoms with van der Waals surface area (Å²) in [5, 5.41) is 3.48. The van der Waals surface area contributed by atoms with E-state index in [4.69, 9.17) is 20.1 Å². The normalized spacial score (nSPS) is 12.2. The number of halogens is 1. The summed E-state index contributed by atoms with van der Waals surface area (Å²) in [7, 11) is 0. The molecule has 0 aliphatic carbocycles. The number of rotatable bonds is 7. The molecule has 1 rings (SSSR count). The number of ether oxygens (including phenoxy) is 3. The topological polar surface area (TPSA) is 83.1 Å². The van der Waals surface area contributed by atoms with Crippen LogP contribution in [0.15, 0.2) is 21.7 Å². The van der Waals surface area contributed by atoms with Crippen molar-refractivity contribution in [2.45, 2.75) is 26.9 Å². The number of carbonyl (C=O) groups is 1. The van der Waals surface area contributed by atoms with Crippen molar-refractivity contribution in [2.24, 2.45) is 10.9 Å². The molecule has 6 nitrogen and oxygen atoms in total. The van der Waals surface area contributed by atoms with Crippen molar-refractivity contribution in [3.05, 3.63) is 22.2 Å². The van der Waals surface area contributed by atoms with Gasteiger partial charge >= 0.3 is 5.97 Å². The highest BCUT2D eigenvalue weighted by molar-refractivity contribution is 9.10. The summed E-state index contributed by atoms with van der Waals surface area (Å²) in [5.41, 5.74) is 0.754. The summed E-state index contributed by atoms with van der Waals surface area (Å²) >= 11 is 3.39. The molecule has 7 heteroatoms. The van der Waals surface area contributed by atoms with Crippen LogP contribution in [-0.2, 0) is 9.53 Å². The Bertz CT molecular complexity index is 520. The first-order valence-corrected chi connectivity index (χ1v) is 7.35. The molecule has 1 atom stereocenters. The van der Waals surface area contributed by atoms with Crippen molar-refractivity contribution in [1.29, 1.82) is 0 Å². The zero-order valence-corrected chi connectivity index (χ0v) is 13.8. The van der Waals surface area contributed by atoms with Gasteiger partial charge in [0.25, 0.3) is 0 Å².